The van der Waals surface area contributed by atoms with E-state index in [0.29, 0.717) is 18.1 Å². The molecule has 1 aromatic carbocycles. The molecular formula is C14H16FN3O. The van der Waals surface area contributed by atoms with E-state index in [9.17, 15) is 9.18 Å². The van der Waals surface area contributed by atoms with Crippen molar-refractivity contribution in [3.05, 3.63) is 57.9 Å². The molecule has 2 rings (SSSR count). The summed E-state index contributed by atoms with van der Waals surface area (Å²) in [5.41, 5.74) is 0.752. The van der Waals surface area contributed by atoms with Crippen LogP contribution < -0.4 is 10.9 Å². The first-order valence-electron chi connectivity index (χ1n) is 6.20. The van der Waals surface area contributed by atoms with Gasteiger partial charge in [-0.2, -0.15) is 0 Å². The van der Waals surface area contributed by atoms with Gasteiger partial charge in [0.05, 0.1) is 0 Å². The van der Waals surface area contributed by atoms with Gasteiger partial charge in [-0.05, 0) is 24.6 Å². The second-order valence-corrected chi connectivity index (χ2v) is 4.35. The molecule has 0 bridgehead atoms. The molecular weight excluding hydrogens is 245 g/mol. The Morgan fingerprint density at radius 1 is 1.37 bits per heavy atom. The van der Waals surface area contributed by atoms with Gasteiger partial charge < -0.3 is 10.3 Å². The number of H-pyrrole nitrogens is 1. The molecule has 100 valence electrons. The minimum Gasteiger partial charge on any atom is -0.363 e. The molecule has 0 amide bonds. The average Bonchev–Trinajstić information content (AvgIpc) is 2.38. The van der Waals surface area contributed by atoms with Crippen molar-refractivity contribution in [1.82, 2.24) is 9.97 Å². The number of nitrogens with one attached hydrogen (secondary N) is 2. The third-order valence-corrected chi connectivity index (χ3v) is 2.86. The van der Waals surface area contributed by atoms with Crippen molar-refractivity contribution in [2.75, 3.05) is 5.32 Å². The van der Waals surface area contributed by atoms with Crippen molar-refractivity contribution < 1.29 is 4.39 Å². The number of hydrogen-bond acceptors (Lipinski definition) is 3. The summed E-state index contributed by atoms with van der Waals surface area (Å²) < 4.78 is 12.9. The van der Waals surface area contributed by atoms with Gasteiger partial charge in [-0.3, -0.25) is 4.79 Å². The molecule has 5 heteroatoms. The number of anilines is 1. The molecule has 0 aliphatic carbocycles. The zero-order valence-electron chi connectivity index (χ0n) is 10.9. The zero-order chi connectivity index (χ0) is 13.8. The van der Waals surface area contributed by atoms with Crippen molar-refractivity contribution >= 4 is 5.82 Å². The molecule has 0 fully saturated rings. The van der Waals surface area contributed by atoms with Crippen molar-refractivity contribution in [2.45, 2.75) is 26.3 Å². The molecule has 1 heterocycles. The van der Waals surface area contributed by atoms with Gasteiger partial charge >= 0.3 is 0 Å². The Hall–Kier alpha value is -2.17. The van der Waals surface area contributed by atoms with Crippen LogP contribution in [0.2, 0.25) is 0 Å². The summed E-state index contributed by atoms with van der Waals surface area (Å²) in [5, 5.41) is 3.14. The number of rotatable bonds is 4. The topological polar surface area (TPSA) is 57.8 Å². The standard InChI is InChI=1S/C14H16FN3O/c1-3-12-17-13(8-14(19)18-12)16-9(2)10-4-6-11(15)7-5-10/h4-9H,3H2,1-2H3,(H2,16,17,18,19). The van der Waals surface area contributed by atoms with Crippen molar-refractivity contribution in [3.63, 3.8) is 0 Å². The molecule has 1 unspecified atom stereocenters. The second kappa shape index (κ2) is 5.65. The average molecular weight is 261 g/mol. The van der Waals surface area contributed by atoms with Gasteiger partial charge in [0, 0.05) is 18.5 Å². The van der Waals surface area contributed by atoms with Crippen LogP contribution in [0.25, 0.3) is 0 Å². The van der Waals surface area contributed by atoms with Crippen molar-refractivity contribution in [2.24, 2.45) is 0 Å². The van der Waals surface area contributed by atoms with E-state index in [1.165, 1.54) is 18.2 Å². The maximum atomic E-state index is 12.9. The van der Waals surface area contributed by atoms with Crippen molar-refractivity contribution in [3.8, 4) is 0 Å². The summed E-state index contributed by atoms with van der Waals surface area (Å²) >= 11 is 0. The molecule has 1 aromatic heterocycles. The number of nitrogens with zero attached hydrogens (tertiary/aromatic N) is 1. The maximum absolute atomic E-state index is 12.9. The van der Waals surface area contributed by atoms with E-state index in [1.54, 1.807) is 12.1 Å². The zero-order valence-corrected chi connectivity index (χ0v) is 10.9. The number of hydrogen-bond donors (Lipinski definition) is 2. The lowest BCUT2D eigenvalue weighted by molar-refractivity contribution is 0.626. The Morgan fingerprint density at radius 3 is 2.68 bits per heavy atom. The van der Waals surface area contributed by atoms with E-state index in [1.807, 2.05) is 13.8 Å². The number of halogens is 1. The van der Waals surface area contributed by atoms with Crippen LogP contribution >= 0.6 is 0 Å². The maximum Gasteiger partial charge on any atom is 0.252 e. The van der Waals surface area contributed by atoms with E-state index < -0.39 is 0 Å². The molecule has 1 atom stereocenters. The SMILES string of the molecule is CCc1nc(NC(C)c2ccc(F)cc2)cc(=O)[nH]1. The van der Waals surface area contributed by atoms with Crippen LogP contribution in [-0.2, 0) is 6.42 Å². The van der Waals surface area contributed by atoms with Crippen LogP contribution in [0.15, 0.2) is 35.1 Å². The van der Waals surface area contributed by atoms with Gasteiger partial charge in [-0.1, -0.05) is 19.1 Å². The van der Waals surface area contributed by atoms with Crippen LogP contribution in [0, 0.1) is 5.82 Å². The quantitative estimate of drug-likeness (QED) is 0.889. The third-order valence-electron chi connectivity index (χ3n) is 2.86. The Balaban J connectivity index is 2.18. The van der Waals surface area contributed by atoms with Gasteiger partial charge in [0.2, 0.25) is 0 Å². The highest BCUT2D eigenvalue weighted by Gasteiger charge is 2.07. The monoisotopic (exact) mass is 261 g/mol. The Morgan fingerprint density at radius 2 is 2.05 bits per heavy atom. The lowest BCUT2D eigenvalue weighted by atomic mass is 10.1. The first-order valence-corrected chi connectivity index (χ1v) is 6.20. The fourth-order valence-corrected chi connectivity index (χ4v) is 1.81. The summed E-state index contributed by atoms with van der Waals surface area (Å²) in [7, 11) is 0. The molecule has 0 saturated heterocycles. The van der Waals surface area contributed by atoms with Crippen LogP contribution in [0.1, 0.15) is 31.3 Å². The second-order valence-electron chi connectivity index (χ2n) is 4.35. The fraction of sp³-hybridized carbons (Fsp3) is 0.286. The first kappa shape index (κ1) is 13.3. The summed E-state index contributed by atoms with van der Waals surface area (Å²) in [6, 6.07) is 7.60. The predicted molar refractivity (Wildman–Crippen MR) is 72.7 cm³/mol. The Kier molecular flexibility index (Phi) is 3.94. The summed E-state index contributed by atoms with van der Waals surface area (Å²) in [6.07, 6.45) is 0.662. The van der Waals surface area contributed by atoms with Crippen molar-refractivity contribution in [1.29, 1.82) is 0 Å². The molecule has 0 aliphatic rings. The fourth-order valence-electron chi connectivity index (χ4n) is 1.81. The first-order chi connectivity index (χ1) is 9.08. The molecule has 2 N–H and O–H groups in total. The number of benzene rings is 1. The molecule has 0 saturated carbocycles. The highest BCUT2D eigenvalue weighted by atomic mass is 19.1. The number of aromatic amines is 1. The Labute approximate surface area is 110 Å². The normalized spacial score (nSPS) is 12.2. The van der Waals surface area contributed by atoms with Crippen LogP contribution in [0.3, 0.4) is 0 Å². The minimum atomic E-state index is -0.265. The third kappa shape index (κ3) is 3.40. The largest absolute Gasteiger partial charge is 0.363 e. The lowest BCUT2D eigenvalue weighted by Gasteiger charge is -2.15. The number of aryl methyl sites for hydroxylation is 1. The molecule has 19 heavy (non-hydrogen) atoms. The summed E-state index contributed by atoms with van der Waals surface area (Å²) in [5.74, 6) is 0.900. The van der Waals surface area contributed by atoms with E-state index >= 15 is 0 Å². The summed E-state index contributed by atoms with van der Waals surface area (Å²) in [6.45, 7) is 3.85. The molecule has 0 spiro atoms. The van der Waals surface area contributed by atoms with E-state index in [2.05, 4.69) is 15.3 Å². The van der Waals surface area contributed by atoms with Crippen LogP contribution in [-0.4, -0.2) is 9.97 Å². The molecule has 0 aliphatic heterocycles. The van der Waals surface area contributed by atoms with Crippen LogP contribution in [0.5, 0.6) is 0 Å². The van der Waals surface area contributed by atoms with Gasteiger partial charge in [0.25, 0.3) is 5.56 Å². The highest BCUT2D eigenvalue weighted by Crippen LogP contribution is 2.17. The molecule has 0 radical (unpaired) electrons. The van der Waals surface area contributed by atoms with E-state index in [-0.39, 0.29) is 17.4 Å². The molecule has 4 nitrogen and oxygen atoms in total. The van der Waals surface area contributed by atoms with Gasteiger partial charge in [-0.15, -0.1) is 0 Å². The van der Waals surface area contributed by atoms with Gasteiger partial charge in [0.1, 0.15) is 17.5 Å². The van der Waals surface area contributed by atoms with Gasteiger partial charge in [-0.25, -0.2) is 9.37 Å². The van der Waals surface area contributed by atoms with Crippen LogP contribution in [0.4, 0.5) is 10.2 Å². The molecule has 2 aromatic rings. The van der Waals surface area contributed by atoms with Gasteiger partial charge in [0.15, 0.2) is 0 Å². The van der Waals surface area contributed by atoms with E-state index in [0.717, 1.165) is 5.56 Å². The highest BCUT2D eigenvalue weighted by molar-refractivity contribution is 5.37. The van der Waals surface area contributed by atoms with E-state index in [4.69, 9.17) is 0 Å². The minimum absolute atomic E-state index is 0.0559. The Bertz CT molecular complexity index is 607. The predicted octanol–water partition coefficient (Wildman–Crippen LogP) is 2.64. The lowest BCUT2D eigenvalue weighted by Crippen LogP contribution is -2.15. The smallest absolute Gasteiger partial charge is 0.252 e. The number of aromatic nitrogens is 2. The summed E-state index contributed by atoms with van der Waals surface area (Å²) in [4.78, 5) is 18.4.